The molecule has 1 aliphatic rings. The number of likely N-dealkylation sites (N-methyl/N-ethyl adjacent to an activating group) is 1. The lowest BCUT2D eigenvalue weighted by Gasteiger charge is -2.29. The molecule has 0 aromatic heterocycles. The highest BCUT2D eigenvalue weighted by Gasteiger charge is 2.20. The third-order valence-corrected chi connectivity index (χ3v) is 3.99. The molecule has 2 nitrogen and oxygen atoms in total. The van der Waals surface area contributed by atoms with E-state index in [0.29, 0.717) is 0 Å². The van der Waals surface area contributed by atoms with Crippen molar-refractivity contribution in [3.63, 3.8) is 0 Å². The van der Waals surface area contributed by atoms with Gasteiger partial charge in [-0.3, -0.25) is 0 Å². The van der Waals surface area contributed by atoms with Crippen molar-refractivity contribution >= 4 is 0 Å². The van der Waals surface area contributed by atoms with E-state index in [1.165, 1.54) is 38.8 Å². The van der Waals surface area contributed by atoms with E-state index in [1.54, 1.807) is 11.1 Å². The summed E-state index contributed by atoms with van der Waals surface area (Å²) in [7, 11) is 4.28. The minimum atomic E-state index is 0.745. The van der Waals surface area contributed by atoms with Crippen LogP contribution in [-0.2, 0) is 6.42 Å². The molecule has 100 valence electrons. The first-order valence-electron chi connectivity index (χ1n) is 7.22. The summed E-state index contributed by atoms with van der Waals surface area (Å²) in [6.07, 6.45) is 5.22. The molecular formula is C16H26N2. The molecule has 0 fully saturated rings. The number of benzene rings is 1. The second kappa shape index (κ2) is 6.91. The van der Waals surface area contributed by atoms with Crippen LogP contribution in [0.3, 0.4) is 0 Å². The van der Waals surface area contributed by atoms with Crippen LogP contribution in [0.5, 0.6) is 0 Å². The Morgan fingerprint density at radius 3 is 3.00 bits per heavy atom. The molecule has 0 heterocycles. The van der Waals surface area contributed by atoms with Gasteiger partial charge < -0.3 is 10.2 Å². The van der Waals surface area contributed by atoms with Gasteiger partial charge in [-0.05, 0) is 69.9 Å². The summed E-state index contributed by atoms with van der Waals surface area (Å²) in [5.41, 5.74) is 3.18. The maximum absolute atomic E-state index is 3.22. The van der Waals surface area contributed by atoms with E-state index in [0.717, 1.165) is 12.5 Å². The Morgan fingerprint density at radius 2 is 2.17 bits per heavy atom. The van der Waals surface area contributed by atoms with Crippen LogP contribution >= 0.6 is 0 Å². The number of hydrogen-bond donors (Lipinski definition) is 1. The standard InChI is InChI=1S/C16H26N2/c1-17-11-6-12-18(2)13-15-9-5-8-14-7-3-4-10-16(14)15/h3-4,7,10,15,17H,5-6,8-9,11-13H2,1-2H3. The first-order chi connectivity index (χ1) is 8.81. The number of rotatable bonds is 6. The molecule has 1 atom stereocenters. The lowest BCUT2D eigenvalue weighted by Crippen LogP contribution is -2.29. The van der Waals surface area contributed by atoms with Gasteiger partial charge in [-0.15, -0.1) is 0 Å². The summed E-state index contributed by atoms with van der Waals surface area (Å²) >= 11 is 0. The van der Waals surface area contributed by atoms with E-state index >= 15 is 0 Å². The average molecular weight is 246 g/mol. The van der Waals surface area contributed by atoms with Crippen LogP contribution in [0.2, 0.25) is 0 Å². The Hall–Kier alpha value is -0.860. The van der Waals surface area contributed by atoms with Crippen LogP contribution in [0.1, 0.15) is 36.3 Å². The summed E-state index contributed by atoms with van der Waals surface area (Å²) in [5, 5.41) is 3.22. The summed E-state index contributed by atoms with van der Waals surface area (Å²) in [5.74, 6) is 0.745. The van der Waals surface area contributed by atoms with E-state index in [2.05, 4.69) is 41.5 Å². The summed E-state index contributed by atoms with van der Waals surface area (Å²) in [4.78, 5) is 2.49. The fraction of sp³-hybridized carbons (Fsp3) is 0.625. The number of fused-ring (bicyclic) bond motifs is 1. The van der Waals surface area contributed by atoms with Gasteiger partial charge in [-0.2, -0.15) is 0 Å². The van der Waals surface area contributed by atoms with Gasteiger partial charge in [0.25, 0.3) is 0 Å². The SMILES string of the molecule is CNCCCN(C)CC1CCCc2ccccc21. The van der Waals surface area contributed by atoms with E-state index in [-0.39, 0.29) is 0 Å². The Balaban J connectivity index is 1.90. The average Bonchev–Trinajstić information content (AvgIpc) is 2.39. The van der Waals surface area contributed by atoms with Crippen LogP contribution in [0.4, 0.5) is 0 Å². The van der Waals surface area contributed by atoms with Crippen molar-refractivity contribution in [3.05, 3.63) is 35.4 Å². The molecule has 0 radical (unpaired) electrons. The lowest BCUT2D eigenvalue weighted by atomic mass is 9.82. The third kappa shape index (κ3) is 3.56. The fourth-order valence-electron chi connectivity index (χ4n) is 3.04. The van der Waals surface area contributed by atoms with Gasteiger partial charge in [0.15, 0.2) is 0 Å². The molecule has 2 heteroatoms. The van der Waals surface area contributed by atoms with Crippen molar-refractivity contribution in [2.45, 2.75) is 31.6 Å². The molecule has 1 N–H and O–H groups in total. The topological polar surface area (TPSA) is 15.3 Å². The quantitative estimate of drug-likeness (QED) is 0.776. The fourth-order valence-corrected chi connectivity index (χ4v) is 3.04. The van der Waals surface area contributed by atoms with Gasteiger partial charge in [0.2, 0.25) is 0 Å². The first-order valence-corrected chi connectivity index (χ1v) is 7.22. The predicted octanol–water partition coefficient (Wildman–Crippen LogP) is 2.65. The molecule has 1 unspecified atom stereocenters. The monoisotopic (exact) mass is 246 g/mol. The molecular weight excluding hydrogens is 220 g/mol. The zero-order chi connectivity index (χ0) is 12.8. The Bertz CT molecular complexity index is 362. The molecule has 0 amide bonds. The van der Waals surface area contributed by atoms with E-state index in [9.17, 15) is 0 Å². The molecule has 18 heavy (non-hydrogen) atoms. The van der Waals surface area contributed by atoms with E-state index < -0.39 is 0 Å². The van der Waals surface area contributed by atoms with Gasteiger partial charge in [-0.1, -0.05) is 24.3 Å². The normalized spacial score (nSPS) is 18.9. The van der Waals surface area contributed by atoms with E-state index in [1.807, 2.05) is 7.05 Å². The smallest absolute Gasteiger partial charge is 0.00473 e. The minimum absolute atomic E-state index is 0.745. The highest BCUT2D eigenvalue weighted by molar-refractivity contribution is 5.32. The van der Waals surface area contributed by atoms with Crippen molar-refractivity contribution in [1.29, 1.82) is 0 Å². The van der Waals surface area contributed by atoms with Crippen molar-refractivity contribution in [2.24, 2.45) is 0 Å². The van der Waals surface area contributed by atoms with Crippen LogP contribution in [0, 0.1) is 0 Å². The molecule has 0 aliphatic heterocycles. The van der Waals surface area contributed by atoms with Gasteiger partial charge in [-0.25, -0.2) is 0 Å². The van der Waals surface area contributed by atoms with Crippen molar-refractivity contribution in [2.75, 3.05) is 33.7 Å². The largest absolute Gasteiger partial charge is 0.320 e. The van der Waals surface area contributed by atoms with Crippen LogP contribution < -0.4 is 5.32 Å². The minimum Gasteiger partial charge on any atom is -0.320 e. The Labute approximate surface area is 111 Å². The first kappa shape index (κ1) is 13.6. The summed E-state index contributed by atoms with van der Waals surface area (Å²) < 4.78 is 0. The summed E-state index contributed by atoms with van der Waals surface area (Å²) in [6.45, 7) is 3.52. The second-order valence-corrected chi connectivity index (χ2v) is 5.51. The zero-order valence-electron chi connectivity index (χ0n) is 11.8. The number of nitrogens with one attached hydrogen (secondary N) is 1. The zero-order valence-corrected chi connectivity index (χ0v) is 11.8. The number of aryl methyl sites for hydroxylation is 1. The highest BCUT2D eigenvalue weighted by atomic mass is 15.1. The molecule has 1 aromatic rings. The van der Waals surface area contributed by atoms with Gasteiger partial charge in [0.1, 0.15) is 0 Å². The molecule has 0 saturated carbocycles. The third-order valence-electron chi connectivity index (χ3n) is 3.99. The summed E-state index contributed by atoms with van der Waals surface area (Å²) in [6, 6.07) is 9.01. The number of nitrogens with zero attached hydrogens (tertiary/aromatic N) is 1. The molecule has 0 saturated heterocycles. The molecule has 2 rings (SSSR count). The van der Waals surface area contributed by atoms with Crippen LogP contribution in [0.25, 0.3) is 0 Å². The van der Waals surface area contributed by atoms with Gasteiger partial charge in [0.05, 0.1) is 0 Å². The second-order valence-electron chi connectivity index (χ2n) is 5.51. The maximum atomic E-state index is 3.22. The molecule has 1 aliphatic carbocycles. The van der Waals surface area contributed by atoms with Crippen molar-refractivity contribution in [3.8, 4) is 0 Å². The Morgan fingerprint density at radius 1 is 1.33 bits per heavy atom. The maximum Gasteiger partial charge on any atom is 0.00473 e. The predicted molar refractivity (Wildman–Crippen MR) is 78.2 cm³/mol. The van der Waals surface area contributed by atoms with Crippen molar-refractivity contribution < 1.29 is 0 Å². The van der Waals surface area contributed by atoms with Gasteiger partial charge >= 0.3 is 0 Å². The highest BCUT2D eigenvalue weighted by Crippen LogP contribution is 2.31. The van der Waals surface area contributed by atoms with Crippen molar-refractivity contribution in [1.82, 2.24) is 10.2 Å². The molecule has 1 aromatic carbocycles. The molecule has 0 bridgehead atoms. The Kier molecular flexibility index (Phi) is 5.21. The molecule has 0 spiro atoms. The van der Waals surface area contributed by atoms with E-state index in [4.69, 9.17) is 0 Å². The number of hydrogen-bond acceptors (Lipinski definition) is 2. The van der Waals surface area contributed by atoms with Crippen LogP contribution in [0.15, 0.2) is 24.3 Å². The van der Waals surface area contributed by atoms with Crippen LogP contribution in [-0.4, -0.2) is 38.6 Å². The van der Waals surface area contributed by atoms with Gasteiger partial charge in [0, 0.05) is 6.54 Å². The lowest BCUT2D eigenvalue weighted by molar-refractivity contribution is 0.294.